The van der Waals surface area contributed by atoms with Crippen LogP contribution in [0.1, 0.15) is 11.4 Å². The summed E-state index contributed by atoms with van der Waals surface area (Å²) in [7, 11) is 0. The number of aromatic nitrogens is 2. The Kier molecular flexibility index (Phi) is 3.30. The molecule has 0 saturated carbocycles. The smallest absolute Gasteiger partial charge is 0.126 e. The molecule has 0 radical (unpaired) electrons. The number of hydrogen-bond acceptors (Lipinski definition) is 2. The van der Waals surface area contributed by atoms with Gasteiger partial charge in [-0.15, -0.1) is 0 Å². The van der Waals surface area contributed by atoms with E-state index in [1.54, 1.807) is 0 Å². The number of nitrogens with zero attached hydrogens (tertiary/aromatic N) is 2. The van der Waals surface area contributed by atoms with Crippen molar-refractivity contribution in [3.8, 4) is 22.5 Å². The third kappa shape index (κ3) is 2.59. The van der Waals surface area contributed by atoms with E-state index in [-0.39, 0.29) is 0 Å². The van der Waals surface area contributed by atoms with Gasteiger partial charge in [-0.1, -0.05) is 54.1 Å². The highest BCUT2D eigenvalue weighted by atomic mass is 14.9. The lowest BCUT2D eigenvalue weighted by Gasteiger charge is -2.07. The monoisotopic (exact) mass is 260 g/mol. The fourth-order valence-electron chi connectivity index (χ4n) is 2.28. The number of benzene rings is 2. The molecule has 2 nitrogen and oxygen atoms in total. The van der Waals surface area contributed by atoms with Gasteiger partial charge < -0.3 is 0 Å². The van der Waals surface area contributed by atoms with Crippen LogP contribution in [0.3, 0.4) is 0 Å². The maximum atomic E-state index is 4.56. The first-order valence-electron chi connectivity index (χ1n) is 6.70. The predicted octanol–water partition coefficient (Wildman–Crippen LogP) is 4.43. The Morgan fingerprint density at radius 3 is 2.00 bits per heavy atom. The fourth-order valence-corrected chi connectivity index (χ4v) is 2.28. The zero-order valence-electron chi connectivity index (χ0n) is 11.7. The molecule has 0 aliphatic rings. The van der Waals surface area contributed by atoms with E-state index < -0.39 is 0 Å². The summed E-state index contributed by atoms with van der Waals surface area (Å²) < 4.78 is 0. The SMILES string of the molecule is Cc1cccc(-c2cc(-c3ccccc3)nc(C)n2)c1. The molecule has 20 heavy (non-hydrogen) atoms. The van der Waals surface area contributed by atoms with Crippen LogP contribution in [-0.4, -0.2) is 9.97 Å². The molecular weight excluding hydrogens is 244 g/mol. The molecule has 1 aromatic heterocycles. The lowest BCUT2D eigenvalue weighted by molar-refractivity contribution is 1.06. The van der Waals surface area contributed by atoms with Gasteiger partial charge in [0.25, 0.3) is 0 Å². The van der Waals surface area contributed by atoms with Crippen LogP contribution in [0, 0.1) is 13.8 Å². The molecule has 98 valence electrons. The molecule has 0 N–H and O–H groups in total. The quantitative estimate of drug-likeness (QED) is 0.681. The first-order chi connectivity index (χ1) is 9.72. The van der Waals surface area contributed by atoms with Gasteiger partial charge in [0.1, 0.15) is 5.82 Å². The van der Waals surface area contributed by atoms with Gasteiger partial charge in [-0.25, -0.2) is 9.97 Å². The molecule has 3 rings (SSSR count). The molecule has 0 spiro atoms. The van der Waals surface area contributed by atoms with Gasteiger partial charge in [0.05, 0.1) is 11.4 Å². The molecular formula is C18H16N2. The van der Waals surface area contributed by atoms with Crippen molar-refractivity contribution in [1.82, 2.24) is 9.97 Å². The summed E-state index contributed by atoms with van der Waals surface area (Å²) in [6, 6.07) is 20.7. The van der Waals surface area contributed by atoms with E-state index in [1.165, 1.54) is 5.56 Å². The Hall–Kier alpha value is -2.48. The number of aryl methyl sites for hydroxylation is 2. The molecule has 0 atom stereocenters. The molecule has 0 aliphatic heterocycles. The van der Waals surface area contributed by atoms with Crippen LogP contribution >= 0.6 is 0 Å². The maximum absolute atomic E-state index is 4.56. The van der Waals surface area contributed by atoms with Crippen molar-refractivity contribution in [2.24, 2.45) is 0 Å². The van der Waals surface area contributed by atoms with E-state index >= 15 is 0 Å². The third-order valence-electron chi connectivity index (χ3n) is 3.22. The number of hydrogen-bond donors (Lipinski definition) is 0. The lowest BCUT2D eigenvalue weighted by atomic mass is 10.1. The molecule has 2 aromatic carbocycles. The summed E-state index contributed by atoms with van der Waals surface area (Å²) >= 11 is 0. The van der Waals surface area contributed by atoms with Crippen LogP contribution < -0.4 is 0 Å². The van der Waals surface area contributed by atoms with Gasteiger partial charge in [-0.3, -0.25) is 0 Å². The van der Waals surface area contributed by atoms with E-state index in [9.17, 15) is 0 Å². The Morgan fingerprint density at radius 2 is 1.30 bits per heavy atom. The summed E-state index contributed by atoms with van der Waals surface area (Å²) in [4.78, 5) is 9.10. The number of rotatable bonds is 2. The topological polar surface area (TPSA) is 25.8 Å². The molecule has 0 bridgehead atoms. The van der Waals surface area contributed by atoms with E-state index in [4.69, 9.17) is 0 Å². The molecule has 2 heteroatoms. The van der Waals surface area contributed by atoms with Crippen molar-refractivity contribution in [1.29, 1.82) is 0 Å². The van der Waals surface area contributed by atoms with Gasteiger partial charge in [-0.05, 0) is 26.0 Å². The van der Waals surface area contributed by atoms with Crippen molar-refractivity contribution < 1.29 is 0 Å². The van der Waals surface area contributed by atoms with E-state index in [2.05, 4.69) is 59.4 Å². The van der Waals surface area contributed by atoms with Gasteiger partial charge in [-0.2, -0.15) is 0 Å². The summed E-state index contributed by atoms with van der Waals surface area (Å²) in [5.41, 5.74) is 5.43. The first-order valence-corrected chi connectivity index (χ1v) is 6.70. The van der Waals surface area contributed by atoms with Crippen LogP contribution in [0.4, 0.5) is 0 Å². The molecule has 1 heterocycles. The average Bonchev–Trinajstić information content (AvgIpc) is 2.47. The largest absolute Gasteiger partial charge is 0.233 e. The second-order valence-electron chi connectivity index (χ2n) is 4.92. The van der Waals surface area contributed by atoms with Gasteiger partial charge in [0.2, 0.25) is 0 Å². The first kappa shape index (κ1) is 12.5. The molecule has 0 fully saturated rings. The predicted molar refractivity (Wildman–Crippen MR) is 82.4 cm³/mol. The molecule has 0 unspecified atom stereocenters. The van der Waals surface area contributed by atoms with Gasteiger partial charge in [0, 0.05) is 11.1 Å². The molecule has 0 amide bonds. The highest BCUT2D eigenvalue weighted by Gasteiger charge is 2.06. The minimum atomic E-state index is 0.794. The summed E-state index contributed by atoms with van der Waals surface area (Å²) in [5, 5.41) is 0. The van der Waals surface area contributed by atoms with Gasteiger partial charge in [0.15, 0.2) is 0 Å². The van der Waals surface area contributed by atoms with E-state index in [1.807, 2.05) is 25.1 Å². The van der Waals surface area contributed by atoms with Crippen molar-refractivity contribution in [3.05, 3.63) is 72.1 Å². The Labute approximate surface area is 119 Å². The Balaban J connectivity index is 2.12. The molecule has 0 saturated heterocycles. The highest BCUT2D eigenvalue weighted by Crippen LogP contribution is 2.24. The second-order valence-corrected chi connectivity index (χ2v) is 4.92. The molecule has 3 aromatic rings. The highest BCUT2D eigenvalue weighted by molar-refractivity contribution is 5.68. The van der Waals surface area contributed by atoms with Crippen molar-refractivity contribution in [2.45, 2.75) is 13.8 Å². The zero-order chi connectivity index (χ0) is 13.9. The van der Waals surface area contributed by atoms with Crippen LogP contribution in [0.2, 0.25) is 0 Å². The fraction of sp³-hybridized carbons (Fsp3) is 0.111. The van der Waals surface area contributed by atoms with E-state index in [0.717, 1.165) is 28.3 Å². The van der Waals surface area contributed by atoms with Crippen LogP contribution in [0.15, 0.2) is 60.7 Å². The normalized spacial score (nSPS) is 10.5. The minimum absolute atomic E-state index is 0.794. The van der Waals surface area contributed by atoms with Crippen molar-refractivity contribution in [3.63, 3.8) is 0 Å². The summed E-state index contributed by atoms with van der Waals surface area (Å²) in [6.07, 6.45) is 0. The molecule has 0 aliphatic carbocycles. The third-order valence-corrected chi connectivity index (χ3v) is 3.22. The Morgan fingerprint density at radius 1 is 0.650 bits per heavy atom. The van der Waals surface area contributed by atoms with Crippen LogP contribution in [0.5, 0.6) is 0 Å². The maximum Gasteiger partial charge on any atom is 0.126 e. The Bertz CT molecular complexity index is 733. The van der Waals surface area contributed by atoms with Crippen LogP contribution in [-0.2, 0) is 0 Å². The van der Waals surface area contributed by atoms with Crippen LogP contribution in [0.25, 0.3) is 22.5 Å². The summed E-state index contributed by atoms with van der Waals surface area (Å²) in [6.45, 7) is 4.03. The standard InChI is InChI=1S/C18H16N2/c1-13-7-6-10-16(11-13)18-12-17(19-14(2)20-18)15-8-4-3-5-9-15/h3-12H,1-2H3. The van der Waals surface area contributed by atoms with Crippen molar-refractivity contribution >= 4 is 0 Å². The van der Waals surface area contributed by atoms with Gasteiger partial charge >= 0.3 is 0 Å². The van der Waals surface area contributed by atoms with E-state index in [0.29, 0.717) is 0 Å². The van der Waals surface area contributed by atoms with Crippen molar-refractivity contribution in [2.75, 3.05) is 0 Å². The minimum Gasteiger partial charge on any atom is -0.233 e. The summed E-state index contributed by atoms with van der Waals surface area (Å²) in [5.74, 6) is 0.794. The zero-order valence-corrected chi connectivity index (χ0v) is 11.7. The average molecular weight is 260 g/mol. The lowest BCUT2D eigenvalue weighted by Crippen LogP contribution is -1.94. The second kappa shape index (κ2) is 5.25.